The molecule has 0 bridgehead atoms. The van der Waals surface area contributed by atoms with Crippen molar-refractivity contribution in [3.05, 3.63) is 59.7 Å². The largest absolute Gasteiger partial charge is 0.508 e. The maximum Gasteiger partial charge on any atom is 0.326 e. The van der Waals surface area contributed by atoms with Crippen molar-refractivity contribution < 1.29 is 34.5 Å². The molecular weight excluding hydrogens is 570 g/mol. The zero-order valence-electron chi connectivity index (χ0n) is 24.9. The molecule has 0 aliphatic heterocycles. The first kappa shape index (κ1) is 35.3. The Kier molecular flexibility index (Phi) is 13.9. The van der Waals surface area contributed by atoms with Crippen LogP contribution < -0.4 is 33.2 Å². The van der Waals surface area contributed by atoms with E-state index in [2.05, 4.69) is 20.9 Å². The van der Waals surface area contributed by atoms with Gasteiger partial charge >= 0.3 is 5.97 Å². The first-order valence-corrected chi connectivity index (χ1v) is 14.3. The van der Waals surface area contributed by atoms with Crippen LogP contribution in [0.25, 0.3) is 0 Å². The summed E-state index contributed by atoms with van der Waals surface area (Å²) >= 11 is 0. The van der Waals surface area contributed by atoms with E-state index in [1.54, 1.807) is 12.1 Å². The standard InChI is InChI=1S/C30H43N7O7/c1-3-17(2)25(31)28(42)36-23(15-18-6-10-20(38)11-7-18)27(41)35-22(5-4-14-34-30(32)33)26(40)37-24(29(43)44)16-19-8-12-21(39)13-9-19/h6-13,17,22-25,38-39H,3-5,14-16,31H2,1-2H3,(H,35,41)(H,36,42)(H,37,40)(H,43,44)(H4,32,33,34). The van der Waals surface area contributed by atoms with Gasteiger partial charge in [0.05, 0.1) is 6.04 Å². The van der Waals surface area contributed by atoms with E-state index in [1.165, 1.54) is 36.4 Å². The Morgan fingerprint density at radius 1 is 0.773 bits per heavy atom. The number of nitrogens with two attached hydrogens (primary N) is 3. The fourth-order valence-corrected chi connectivity index (χ4v) is 4.24. The number of benzene rings is 2. The Morgan fingerprint density at radius 3 is 1.70 bits per heavy atom. The van der Waals surface area contributed by atoms with Crippen molar-refractivity contribution >= 4 is 29.7 Å². The first-order valence-electron chi connectivity index (χ1n) is 14.3. The molecule has 5 unspecified atom stereocenters. The van der Waals surface area contributed by atoms with Crippen LogP contribution in [0.4, 0.5) is 0 Å². The summed E-state index contributed by atoms with van der Waals surface area (Å²) in [5, 5.41) is 36.8. The number of nitrogens with one attached hydrogen (secondary N) is 3. The summed E-state index contributed by atoms with van der Waals surface area (Å²) in [5.74, 6) is -3.59. The fraction of sp³-hybridized carbons (Fsp3) is 0.433. The van der Waals surface area contributed by atoms with Crippen LogP contribution in [0.3, 0.4) is 0 Å². The minimum atomic E-state index is -1.34. The molecule has 0 saturated carbocycles. The molecule has 0 saturated heterocycles. The van der Waals surface area contributed by atoms with Gasteiger partial charge in [0.1, 0.15) is 29.6 Å². The zero-order valence-corrected chi connectivity index (χ0v) is 24.9. The number of aliphatic carboxylic acids is 1. The molecule has 0 radical (unpaired) electrons. The molecular formula is C30H43N7O7. The molecule has 0 aliphatic carbocycles. The second-order valence-electron chi connectivity index (χ2n) is 10.6. The van der Waals surface area contributed by atoms with E-state index in [0.717, 1.165) is 0 Å². The van der Waals surface area contributed by atoms with Gasteiger partial charge in [-0.2, -0.15) is 0 Å². The highest BCUT2D eigenvalue weighted by Crippen LogP contribution is 2.14. The van der Waals surface area contributed by atoms with Gasteiger partial charge in [-0.3, -0.25) is 19.4 Å². The van der Waals surface area contributed by atoms with Crippen LogP contribution in [-0.2, 0) is 32.0 Å². The number of rotatable bonds is 17. The highest BCUT2D eigenvalue weighted by atomic mass is 16.4. The molecule has 2 rings (SSSR count). The summed E-state index contributed by atoms with van der Waals surface area (Å²) in [6, 6.07) is 7.36. The van der Waals surface area contributed by atoms with Crippen molar-refractivity contribution in [1.29, 1.82) is 0 Å². The second-order valence-corrected chi connectivity index (χ2v) is 10.6. The van der Waals surface area contributed by atoms with Crippen molar-refractivity contribution in [3.63, 3.8) is 0 Å². The van der Waals surface area contributed by atoms with Gasteiger partial charge in [-0.15, -0.1) is 0 Å². The van der Waals surface area contributed by atoms with Gasteiger partial charge in [-0.1, -0.05) is 44.5 Å². The molecule has 240 valence electrons. The normalized spacial score (nSPS) is 14.2. The Bertz CT molecular complexity index is 1280. The fourth-order valence-electron chi connectivity index (χ4n) is 4.24. The van der Waals surface area contributed by atoms with Crippen LogP contribution in [0.15, 0.2) is 53.5 Å². The van der Waals surface area contributed by atoms with E-state index in [9.17, 15) is 34.5 Å². The van der Waals surface area contributed by atoms with Gasteiger partial charge in [0.15, 0.2) is 5.96 Å². The highest BCUT2D eigenvalue weighted by Gasteiger charge is 2.31. The van der Waals surface area contributed by atoms with Crippen LogP contribution in [0, 0.1) is 5.92 Å². The zero-order chi connectivity index (χ0) is 32.8. The molecule has 2 aromatic rings. The number of amides is 3. The van der Waals surface area contributed by atoms with E-state index >= 15 is 0 Å². The Labute approximate surface area is 256 Å². The first-order chi connectivity index (χ1) is 20.8. The van der Waals surface area contributed by atoms with Gasteiger partial charge in [0, 0.05) is 19.4 Å². The van der Waals surface area contributed by atoms with Gasteiger partial charge in [-0.25, -0.2) is 4.79 Å². The minimum absolute atomic E-state index is 0.00673. The number of hydrogen-bond acceptors (Lipinski definition) is 8. The predicted molar refractivity (Wildman–Crippen MR) is 164 cm³/mol. The maximum absolute atomic E-state index is 13.6. The van der Waals surface area contributed by atoms with Crippen LogP contribution in [0.1, 0.15) is 44.2 Å². The number of guanidine groups is 1. The molecule has 14 heteroatoms. The van der Waals surface area contributed by atoms with Gasteiger partial charge in [0.2, 0.25) is 17.7 Å². The molecule has 0 fully saturated rings. The van der Waals surface area contributed by atoms with Crippen molar-refractivity contribution in [2.45, 2.75) is 70.1 Å². The lowest BCUT2D eigenvalue weighted by atomic mass is 9.98. The van der Waals surface area contributed by atoms with Crippen LogP contribution >= 0.6 is 0 Å². The number of carbonyl (C=O) groups is 4. The molecule has 12 N–H and O–H groups in total. The highest BCUT2D eigenvalue weighted by molar-refractivity contribution is 5.94. The van der Waals surface area contributed by atoms with Crippen molar-refractivity contribution in [2.24, 2.45) is 28.1 Å². The molecule has 14 nitrogen and oxygen atoms in total. The van der Waals surface area contributed by atoms with Crippen molar-refractivity contribution in [3.8, 4) is 11.5 Å². The lowest BCUT2D eigenvalue weighted by Crippen LogP contribution is -2.58. The molecule has 3 amide bonds. The quantitative estimate of drug-likeness (QED) is 0.0647. The van der Waals surface area contributed by atoms with Gasteiger partial charge in [0.25, 0.3) is 0 Å². The lowest BCUT2D eigenvalue weighted by molar-refractivity contribution is -0.142. The smallest absolute Gasteiger partial charge is 0.326 e. The number of carbonyl (C=O) groups excluding carboxylic acids is 3. The third kappa shape index (κ3) is 11.8. The Morgan fingerprint density at radius 2 is 1.23 bits per heavy atom. The minimum Gasteiger partial charge on any atom is -0.508 e. The number of hydrogen-bond donors (Lipinski definition) is 9. The summed E-state index contributed by atoms with van der Waals surface area (Å²) in [5.41, 5.74) is 18.0. The summed E-state index contributed by atoms with van der Waals surface area (Å²) in [6.07, 6.45) is 0.886. The molecule has 44 heavy (non-hydrogen) atoms. The third-order valence-corrected chi connectivity index (χ3v) is 7.14. The van der Waals surface area contributed by atoms with Crippen LogP contribution in [0.5, 0.6) is 11.5 Å². The van der Waals surface area contributed by atoms with E-state index in [0.29, 0.717) is 17.5 Å². The number of carboxylic acid groups (broad SMARTS) is 1. The van der Waals surface area contributed by atoms with E-state index in [-0.39, 0.29) is 55.6 Å². The van der Waals surface area contributed by atoms with Gasteiger partial charge < -0.3 is 48.5 Å². The van der Waals surface area contributed by atoms with E-state index in [1.807, 2.05) is 13.8 Å². The van der Waals surface area contributed by atoms with Gasteiger partial charge in [-0.05, 0) is 54.2 Å². The molecule has 5 atom stereocenters. The molecule has 0 aromatic heterocycles. The topological polar surface area (TPSA) is 255 Å². The number of phenols is 2. The third-order valence-electron chi connectivity index (χ3n) is 7.14. The molecule has 0 aliphatic rings. The lowest BCUT2D eigenvalue weighted by Gasteiger charge is -2.26. The SMILES string of the molecule is CCC(C)C(N)C(=O)NC(Cc1ccc(O)cc1)C(=O)NC(CCCN=C(N)N)C(=O)NC(Cc1ccc(O)cc1)C(=O)O. The molecule has 0 spiro atoms. The number of aliphatic imine (C=N–C) groups is 1. The van der Waals surface area contributed by atoms with Crippen molar-refractivity contribution in [2.75, 3.05) is 6.54 Å². The van der Waals surface area contributed by atoms with E-state index < -0.39 is 47.9 Å². The summed E-state index contributed by atoms with van der Waals surface area (Å²) in [7, 11) is 0. The summed E-state index contributed by atoms with van der Waals surface area (Å²) in [4.78, 5) is 55.9. The average molecular weight is 614 g/mol. The molecule has 2 aromatic carbocycles. The van der Waals surface area contributed by atoms with Crippen molar-refractivity contribution in [1.82, 2.24) is 16.0 Å². The number of nitrogens with zero attached hydrogens (tertiary/aromatic N) is 1. The average Bonchev–Trinajstić information content (AvgIpc) is 2.98. The monoisotopic (exact) mass is 613 g/mol. The summed E-state index contributed by atoms with van der Waals surface area (Å²) < 4.78 is 0. The maximum atomic E-state index is 13.6. The predicted octanol–water partition coefficient (Wildman–Crippen LogP) is -0.151. The second kappa shape index (κ2) is 17.3. The molecule has 0 heterocycles. The number of aromatic hydroxyl groups is 2. The Hall–Kier alpha value is -4.85. The Balaban J connectivity index is 2.29. The van der Waals surface area contributed by atoms with Crippen LogP contribution in [0.2, 0.25) is 0 Å². The summed E-state index contributed by atoms with van der Waals surface area (Å²) in [6.45, 7) is 3.85. The number of carboxylic acids is 1. The van der Waals surface area contributed by atoms with Crippen LogP contribution in [-0.4, -0.2) is 75.7 Å². The number of phenolic OH excluding ortho intramolecular Hbond substituents is 2. The van der Waals surface area contributed by atoms with E-state index in [4.69, 9.17) is 17.2 Å².